The van der Waals surface area contributed by atoms with E-state index in [9.17, 15) is 14.4 Å². The van der Waals surface area contributed by atoms with Crippen molar-refractivity contribution in [2.45, 2.75) is 6.54 Å². The number of carbonyl (C=O) groups excluding carboxylic acids is 1. The van der Waals surface area contributed by atoms with Gasteiger partial charge in [0, 0.05) is 6.20 Å². The van der Waals surface area contributed by atoms with E-state index < -0.39 is 31.1 Å². The fourth-order valence-electron chi connectivity index (χ4n) is 1.31. The van der Waals surface area contributed by atoms with Crippen LogP contribution in [0.5, 0.6) is 0 Å². The molecule has 102 valence electrons. The van der Waals surface area contributed by atoms with E-state index in [0.717, 1.165) is 0 Å². The monoisotopic (exact) mass is 267 g/mol. The van der Waals surface area contributed by atoms with E-state index in [1.54, 1.807) is 24.4 Å². The summed E-state index contributed by atoms with van der Waals surface area (Å²) in [5, 5.41) is 19.6. The highest BCUT2D eigenvalue weighted by Crippen LogP contribution is 1.95. The summed E-state index contributed by atoms with van der Waals surface area (Å²) in [5.74, 6) is -2.57. The molecule has 0 aliphatic rings. The number of aliphatic carboxylic acids is 2. The van der Waals surface area contributed by atoms with Gasteiger partial charge in [-0.15, -0.1) is 0 Å². The fraction of sp³-hybridized carbons (Fsp3) is 0.273. The van der Waals surface area contributed by atoms with Crippen LogP contribution in [0.4, 0.5) is 4.79 Å². The van der Waals surface area contributed by atoms with E-state index in [4.69, 9.17) is 10.2 Å². The van der Waals surface area contributed by atoms with Gasteiger partial charge in [-0.3, -0.25) is 14.6 Å². The third kappa shape index (κ3) is 5.48. The molecule has 0 unspecified atom stereocenters. The molecular formula is C11H13N3O5. The first kappa shape index (κ1) is 14.4. The van der Waals surface area contributed by atoms with E-state index in [1.165, 1.54) is 0 Å². The molecule has 8 nitrogen and oxygen atoms in total. The molecule has 2 amide bonds. The topological polar surface area (TPSA) is 120 Å². The molecule has 1 heterocycles. The first-order valence-electron chi connectivity index (χ1n) is 5.35. The third-order valence-electron chi connectivity index (χ3n) is 2.09. The molecule has 0 spiro atoms. The maximum Gasteiger partial charge on any atom is 0.323 e. The zero-order valence-electron chi connectivity index (χ0n) is 9.94. The van der Waals surface area contributed by atoms with Crippen LogP contribution in [0.1, 0.15) is 5.69 Å². The largest absolute Gasteiger partial charge is 0.480 e. The smallest absolute Gasteiger partial charge is 0.323 e. The van der Waals surface area contributed by atoms with Crippen LogP contribution in [0, 0.1) is 0 Å². The van der Waals surface area contributed by atoms with Crippen LogP contribution in [-0.2, 0) is 16.1 Å². The highest BCUT2D eigenvalue weighted by Gasteiger charge is 2.19. The lowest BCUT2D eigenvalue weighted by Crippen LogP contribution is -2.45. The first-order chi connectivity index (χ1) is 8.99. The Morgan fingerprint density at radius 1 is 1.16 bits per heavy atom. The van der Waals surface area contributed by atoms with Gasteiger partial charge in [-0.2, -0.15) is 0 Å². The number of nitrogens with one attached hydrogen (secondary N) is 1. The third-order valence-corrected chi connectivity index (χ3v) is 2.09. The number of urea groups is 1. The minimum atomic E-state index is -1.28. The van der Waals surface area contributed by atoms with Crippen LogP contribution < -0.4 is 5.32 Å². The molecule has 19 heavy (non-hydrogen) atoms. The van der Waals surface area contributed by atoms with Crippen LogP contribution in [0.2, 0.25) is 0 Å². The molecule has 3 N–H and O–H groups in total. The van der Waals surface area contributed by atoms with E-state index in [2.05, 4.69) is 10.3 Å². The summed E-state index contributed by atoms with van der Waals surface area (Å²) in [5.41, 5.74) is 0.585. The molecule has 0 saturated heterocycles. The number of rotatable bonds is 6. The van der Waals surface area contributed by atoms with Crippen molar-refractivity contribution in [1.82, 2.24) is 15.2 Å². The van der Waals surface area contributed by atoms with Crippen molar-refractivity contribution in [1.29, 1.82) is 0 Å². The number of amides is 2. The number of aromatic nitrogens is 1. The van der Waals surface area contributed by atoms with Crippen molar-refractivity contribution in [2.75, 3.05) is 13.1 Å². The molecule has 0 bridgehead atoms. The van der Waals surface area contributed by atoms with Gasteiger partial charge in [-0.1, -0.05) is 6.07 Å². The van der Waals surface area contributed by atoms with Crippen molar-refractivity contribution in [3.63, 3.8) is 0 Å². The second-order valence-electron chi connectivity index (χ2n) is 3.62. The van der Waals surface area contributed by atoms with Gasteiger partial charge in [0.05, 0.1) is 12.2 Å². The Bertz CT molecular complexity index is 447. The molecule has 1 rings (SSSR count). The standard InChI is InChI=1S/C11H13N3O5/c15-9(16)6-14(7-10(17)18)11(19)13-5-8-3-1-2-4-12-8/h1-4H,5-7H2,(H,13,19)(H,15,16)(H,17,18). The molecule has 8 heteroatoms. The maximum absolute atomic E-state index is 11.6. The lowest BCUT2D eigenvalue weighted by molar-refractivity contribution is -0.140. The zero-order valence-corrected chi connectivity index (χ0v) is 9.94. The summed E-state index contributed by atoms with van der Waals surface area (Å²) >= 11 is 0. The molecule has 0 aromatic carbocycles. The Morgan fingerprint density at radius 3 is 2.26 bits per heavy atom. The zero-order chi connectivity index (χ0) is 14.3. The van der Waals surface area contributed by atoms with Gasteiger partial charge < -0.3 is 20.4 Å². The number of pyridine rings is 1. The molecule has 0 aliphatic heterocycles. The van der Waals surface area contributed by atoms with Crippen molar-refractivity contribution in [3.05, 3.63) is 30.1 Å². The van der Waals surface area contributed by atoms with Crippen molar-refractivity contribution in [3.8, 4) is 0 Å². The van der Waals surface area contributed by atoms with Gasteiger partial charge in [0.15, 0.2) is 0 Å². The Labute approximate surface area is 108 Å². The number of carboxylic acid groups (broad SMARTS) is 2. The van der Waals surface area contributed by atoms with Gasteiger partial charge in [-0.25, -0.2) is 4.79 Å². The lowest BCUT2D eigenvalue weighted by Gasteiger charge is -2.18. The van der Waals surface area contributed by atoms with Crippen molar-refractivity contribution in [2.24, 2.45) is 0 Å². The fourth-order valence-corrected chi connectivity index (χ4v) is 1.31. The average Bonchev–Trinajstić information content (AvgIpc) is 2.35. The van der Waals surface area contributed by atoms with E-state index in [0.29, 0.717) is 10.6 Å². The molecule has 0 radical (unpaired) electrons. The van der Waals surface area contributed by atoms with Gasteiger partial charge in [0.25, 0.3) is 0 Å². The Kier molecular flexibility index (Phi) is 5.27. The van der Waals surface area contributed by atoms with E-state index in [1.807, 2.05) is 0 Å². The van der Waals surface area contributed by atoms with Crippen LogP contribution in [-0.4, -0.2) is 51.2 Å². The molecule has 0 atom stereocenters. The van der Waals surface area contributed by atoms with Crippen LogP contribution in [0.15, 0.2) is 24.4 Å². The maximum atomic E-state index is 11.6. The lowest BCUT2D eigenvalue weighted by atomic mass is 10.3. The molecular weight excluding hydrogens is 254 g/mol. The normalized spacial score (nSPS) is 9.68. The number of hydrogen-bond acceptors (Lipinski definition) is 4. The minimum absolute atomic E-state index is 0.0927. The van der Waals surface area contributed by atoms with E-state index >= 15 is 0 Å². The van der Waals surface area contributed by atoms with Crippen LogP contribution >= 0.6 is 0 Å². The molecule has 0 fully saturated rings. The minimum Gasteiger partial charge on any atom is -0.480 e. The quantitative estimate of drug-likeness (QED) is 0.654. The summed E-state index contributed by atoms with van der Waals surface area (Å²) in [6.07, 6.45) is 1.55. The predicted molar refractivity (Wildman–Crippen MR) is 63.3 cm³/mol. The summed E-state index contributed by atoms with van der Waals surface area (Å²) in [6, 6.07) is 4.36. The highest BCUT2D eigenvalue weighted by molar-refractivity contribution is 5.84. The summed E-state index contributed by atoms with van der Waals surface area (Å²) in [4.78, 5) is 37.4. The average molecular weight is 267 g/mol. The second kappa shape index (κ2) is 6.94. The highest BCUT2D eigenvalue weighted by atomic mass is 16.4. The number of nitrogens with zero attached hydrogens (tertiary/aromatic N) is 2. The SMILES string of the molecule is O=C(O)CN(CC(=O)O)C(=O)NCc1ccccn1. The number of carbonyl (C=O) groups is 3. The van der Waals surface area contributed by atoms with Gasteiger partial charge in [0.1, 0.15) is 13.1 Å². The van der Waals surface area contributed by atoms with Crippen molar-refractivity contribution < 1.29 is 24.6 Å². The van der Waals surface area contributed by atoms with Crippen LogP contribution in [0.25, 0.3) is 0 Å². The van der Waals surface area contributed by atoms with Gasteiger partial charge >= 0.3 is 18.0 Å². The predicted octanol–water partition coefficient (Wildman–Crippen LogP) is -0.238. The molecule has 1 aromatic heterocycles. The number of carboxylic acids is 2. The molecule has 1 aromatic rings. The summed E-state index contributed by atoms with van der Waals surface area (Å²) < 4.78 is 0. The first-order valence-corrected chi connectivity index (χ1v) is 5.35. The summed E-state index contributed by atoms with van der Waals surface area (Å²) in [6.45, 7) is -1.27. The van der Waals surface area contributed by atoms with Gasteiger partial charge in [0.2, 0.25) is 0 Å². The van der Waals surface area contributed by atoms with Crippen LogP contribution in [0.3, 0.4) is 0 Å². The van der Waals surface area contributed by atoms with E-state index in [-0.39, 0.29) is 6.54 Å². The summed E-state index contributed by atoms with van der Waals surface area (Å²) in [7, 11) is 0. The second-order valence-corrected chi connectivity index (χ2v) is 3.62. The molecule has 0 aliphatic carbocycles. The molecule has 0 saturated carbocycles. The Hall–Kier alpha value is -2.64. The number of hydrogen-bond donors (Lipinski definition) is 3. The van der Waals surface area contributed by atoms with Crippen molar-refractivity contribution >= 4 is 18.0 Å². The Balaban J connectivity index is 2.56. The Morgan fingerprint density at radius 2 is 1.79 bits per heavy atom. The van der Waals surface area contributed by atoms with Gasteiger partial charge in [-0.05, 0) is 12.1 Å².